The van der Waals surface area contributed by atoms with Crippen molar-refractivity contribution in [3.05, 3.63) is 65.7 Å². The number of nitrogens with two attached hydrogens (primary N) is 1. The number of halogens is 1. The highest BCUT2D eigenvalue weighted by Gasteiger charge is 2.30. The average Bonchev–Trinajstić information content (AvgIpc) is 2.74. The molecule has 0 bridgehead atoms. The highest BCUT2D eigenvalue weighted by atomic mass is 127. The Hall–Kier alpha value is -1.65. The van der Waals surface area contributed by atoms with E-state index in [1.165, 1.54) is 11.6 Å². The van der Waals surface area contributed by atoms with Gasteiger partial charge in [-0.3, -0.25) is 4.99 Å². The summed E-state index contributed by atoms with van der Waals surface area (Å²) in [7, 11) is -1.92. The van der Waals surface area contributed by atoms with Crippen molar-refractivity contribution < 1.29 is 8.42 Å². The molecule has 2 unspecified atom stereocenters. The van der Waals surface area contributed by atoms with E-state index in [1.54, 1.807) is 19.2 Å². The Balaban J connectivity index is 0.00000320. The molecule has 1 saturated heterocycles. The van der Waals surface area contributed by atoms with E-state index < -0.39 is 10.0 Å². The smallest absolute Gasteiger partial charge is 0.238 e. The largest absolute Gasteiger partial charge is 0.352 e. The predicted molar refractivity (Wildman–Crippen MR) is 133 cm³/mol. The first-order valence-corrected chi connectivity index (χ1v) is 11.6. The third-order valence-electron chi connectivity index (χ3n) is 5.67. The zero-order valence-electron chi connectivity index (χ0n) is 17.5. The summed E-state index contributed by atoms with van der Waals surface area (Å²) in [5.41, 5.74) is 2.27. The molecule has 1 aliphatic rings. The van der Waals surface area contributed by atoms with E-state index in [0.29, 0.717) is 18.4 Å². The molecular weight excluding hydrogens is 511 g/mol. The molecular formula is C22H31IN4O2S. The summed E-state index contributed by atoms with van der Waals surface area (Å²) in [6, 6.07) is 17.5. The number of nitrogens with one attached hydrogen (secondary N) is 1. The van der Waals surface area contributed by atoms with Crippen molar-refractivity contribution in [3.63, 3.8) is 0 Å². The van der Waals surface area contributed by atoms with Crippen molar-refractivity contribution in [2.75, 3.05) is 20.1 Å². The first-order chi connectivity index (χ1) is 13.9. The predicted octanol–water partition coefficient (Wildman–Crippen LogP) is 3.54. The van der Waals surface area contributed by atoms with Crippen LogP contribution in [0.4, 0.5) is 0 Å². The summed E-state index contributed by atoms with van der Waals surface area (Å²) in [4.78, 5) is 6.88. The molecule has 3 rings (SSSR count). The monoisotopic (exact) mass is 542 g/mol. The van der Waals surface area contributed by atoms with Crippen LogP contribution in [0, 0.1) is 5.92 Å². The van der Waals surface area contributed by atoms with Crippen LogP contribution < -0.4 is 10.5 Å². The summed E-state index contributed by atoms with van der Waals surface area (Å²) in [5.74, 6) is 1.98. The molecule has 1 aliphatic heterocycles. The van der Waals surface area contributed by atoms with Crippen LogP contribution in [0.25, 0.3) is 0 Å². The molecule has 0 aromatic heterocycles. The molecule has 0 saturated carbocycles. The van der Waals surface area contributed by atoms with Crippen LogP contribution in [0.1, 0.15) is 36.8 Å². The van der Waals surface area contributed by atoms with E-state index >= 15 is 0 Å². The molecule has 8 heteroatoms. The standard InChI is InChI=1S/C22H30N4O2S.HI/c1-3-18-16-26(13-12-21(18)19-9-5-4-6-10-19)22(24-2)25-15-17-8-7-11-20(14-17)29(23,27)28;/h4-11,14,18,21H,3,12-13,15-16H2,1-2H3,(H,24,25)(H2,23,27,28);1H. The number of likely N-dealkylation sites (tertiary alicyclic amines) is 1. The Morgan fingerprint density at radius 1 is 1.20 bits per heavy atom. The van der Waals surface area contributed by atoms with Gasteiger partial charge in [0.25, 0.3) is 0 Å². The second kappa shape index (κ2) is 11.1. The van der Waals surface area contributed by atoms with Gasteiger partial charge in [0, 0.05) is 26.7 Å². The van der Waals surface area contributed by atoms with Gasteiger partial charge in [0.05, 0.1) is 4.90 Å². The van der Waals surface area contributed by atoms with Gasteiger partial charge in [-0.1, -0.05) is 55.8 Å². The molecule has 2 atom stereocenters. The summed E-state index contributed by atoms with van der Waals surface area (Å²) in [5, 5.41) is 8.61. The average molecular weight is 542 g/mol. The summed E-state index contributed by atoms with van der Waals surface area (Å²) in [6.07, 6.45) is 2.20. The van der Waals surface area contributed by atoms with E-state index in [1.807, 2.05) is 6.07 Å². The van der Waals surface area contributed by atoms with Gasteiger partial charge >= 0.3 is 0 Å². The van der Waals surface area contributed by atoms with Crippen LogP contribution in [-0.4, -0.2) is 39.4 Å². The van der Waals surface area contributed by atoms with Crippen LogP contribution in [-0.2, 0) is 16.6 Å². The lowest BCUT2D eigenvalue weighted by Crippen LogP contribution is -2.48. The zero-order chi connectivity index (χ0) is 20.9. The molecule has 0 aliphatic carbocycles. The number of rotatable bonds is 5. The maximum atomic E-state index is 11.6. The van der Waals surface area contributed by atoms with Gasteiger partial charge in [-0.2, -0.15) is 0 Å². The number of aliphatic imine (C=N–C) groups is 1. The molecule has 30 heavy (non-hydrogen) atoms. The molecule has 164 valence electrons. The number of hydrogen-bond acceptors (Lipinski definition) is 3. The molecule has 0 spiro atoms. The fraction of sp³-hybridized carbons (Fsp3) is 0.409. The second-order valence-electron chi connectivity index (χ2n) is 7.51. The van der Waals surface area contributed by atoms with Gasteiger partial charge < -0.3 is 10.2 Å². The lowest BCUT2D eigenvalue weighted by Gasteiger charge is -2.40. The normalized spacial score (nSPS) is 19.8. The molecule has 2 aromatic carbocycles. The van der Waals surface area contributed by atoms with Gasteiger partial charge in [0.1, 0.15) is 0 Å². The van der Waals surface area contributed by atoms with Crippen molar-refractivity contribution in [2.24, 2.45) is 16.0 Å². The number of benzene rings is 2. The number of primary sulfonamides is 1. The maximum absolute atomic E-state index is 11.6. The van der Waals surface area contributed by atoms with Gasteiger partial charge in [-0.25, -0.2) is 13.6 Å². The third kappa shape index (κ3) is 6.18. The first-order valence-electron chi connectivity index (χ1n) is 10.0. The van der Waals surface area contributed by atoms with Crippen LogP contribution >= 0.6 is 24.0 Å². The van der Waals surface area contributed by atoms with E-state index in [9.17, 15) is 8.42 Å². The fourth-order valence-electron chi connectivity index (χ4n) is 4.12. The minimum atomic E-state index is -3.70. The molecule has 6 nitrogen and oxygen atoms in total. The molecule has 0 radical (unpaired) electrons. The lowest BCUT2D eigenvalue weighted by molar-refractivity contribution is 0.215. The van der Waals surface area contributed by atoms with Crippen molar-refractivity contribution >= 4 is 40.0 Å². The van der Waals surface area contributed by atoms with Crippen molar-refractivity contribution in [1.82, 2.24) is 10.2 Å². The molecule has 1 fully saturated rings. The van der Waals surface area contributed by atoms with Crippen molar-refractivity contribution in [2.45, 2.75) is 37.1 Å². The van der Waals surface area contributed by atoms with Crippen LogP contribution in [0.2, 0.25) is 0 Å². The Labute approximate surface area is 197 Å². The van der Waals surface area contributed by atoms with E-state index in [-0.39, 0.29) is 28.9 Å². The number of nitrogens with zero attached hydrogens (tertiary/aromatic N) is 2. The maximum Gasteiger partial charge on any atom is 0.238 e. The SMILES string of the molecule is CCC1CN(C(=NC)NCc2cccc(S(N)(=O)=O)c2)CCC1c1ccccc1.I. The van der Waals surface area contributed by atoms with Gasteiger partial charge in [0.15, 0.2) is 5.96 Å². The van der Waals surface area contributed by atoms with Crippen molar-refractivity contribution in [3.8, 4) is 0 Å². The second-order valence-corrected chi connectivity index (χ2v) is 9.07. The Morgan fingerprint density at radius 3 is 2.57 bits per heavy atom. The third-order valence-corrected chi connectivity index (χ3v) is 6.59. The zero-order valence-corrected chi connectivity index (χ0v) is 20.6. The first kappa shape index (κ1) is 24.6. The summed E-state index contributed by atoms with van der Waals surface area (Å²) >= 11 is 0. The molecule has 1 heterocycles. The van der Waals surface area contributed by atoms with E-state index in [0.717, 1.165) is 37.5 Å². The molecule has 3 N–H and O–H groups in total. The number of sulfonamides is 1. The Bertz CT molecular complexity index is 951. The van der Waals surface area contributed by atoms with Crippen LogP contribution in [0.15, 0.2) is 64.5 Å². The van der Waals surface area contributed by atoms with Gasteiger partial charge in [0.2, 0.25) is 10.0 Å². The van der Waals surface area contributed by atoms with E-state index in [2.05, 4.69) is 52.5 Å². The van der Waals surface area contributed by atoms with Crippen LogP contribution in [0.3, 0.4) is 0 Å². The topological polar surface area (TPSA) is 87.8 Å². The summed E-state index contributed by atoms with van der Waals surface area (Å²) in [6.45, 7) is 4.63. The van der Waals surface area contributed by atoms with Crippen molar-refractivity contribution in [1.29, 1.82) is 0 Å². The Kier molecular flexibility index (Phi) is 9.11. The highest BCUT2D eigenvalue weighted by Crippen LogP contribution is 2.34. The fourth-order valence-corrected chi connectivity index (χ4v) is 4.71. The number of piperidine rings is 1. The van der Waals surface area contributed by atoms with Gasteiger partial charge in [-0.15, -0.1) is 24.0 Å². The van der Waals surface area contributed by atoms with Gasteiger partial charge in [-0.05, 0) is 41.5 Å². The minimum absolute atomic E-state index is 0. The quantitative estimate of drug-likeness (QED) is 0.344. The minimum Gasteiger partial charge on any atom is -0.352 e. The summed E-state index contributed by atoms with van der Waals surface area (Å²) < 4.78 is 23.1. The molecule has 2 aromatic rings. The van der Waals surface area contributed by atoms with Crippen LogP contribution in [0.5, 0.6) is 0 Å². The lowest BCUT2D eigenvalue weighted by atomic mass is 9.79. The highest BCUT2D eigenvalue weighted by molar-refractivity contribution is 14.0. The number of guanidine groups is 1. The Morgan fingerprint density at radius 2 is 1.93 bits per heavy atom. The number of hydrogen-bond donors (Lipinski definition) is 2. The van der Waals surface area contributed by atoms with E-state index in [4.69, 9.17) is 5.14 Å². The molecule has 0 amide bonds.